The van der Waals surface area contributed by atoms with Gasteiger partial charge in [-0.15, -0.1) is 0 Å². The van der Waals surface area contributed by atoms with Crippen LogP contribution in [0.4, 0.5) is 0 Å². The van der Waals surface area contributed by atoms with Crippen molar-refractivity contribution in [2.75, 3.05) is 40.0 Å². The number of hydrogen-bond donors (Lipinski definition) is 0. The lowest BCUT2D eigenvalue weighted by molar-refractivity contribution is 0.110. The highest BCUT2D eigenvalue weighted by Gasteiger charge is 2.25. The topological polar surface area (TPSA) is 48.0 Å². The molecule has 0 saturated carbocycles. The number of phosphoric ester groups is 1. The van der Waals surface area contributed by atoms with Gasteiger partial charge in [0.25, 0.3) is 0 Å². The monoisotopic (exact) mass is 409 g/mol. The van der Waals surface area contributed by atoms with E-state index in [0.29, 0.717) is 19.8 Å². The van der Waals surface area contributed by atoms with Crippen LogP contribution < -0.4 is 0 Å². The summed E-state index contributed by atoms with van der Waals surface area (Å²) >= 11 is 0. The van der Waals surface area contributed by atoms with Crippen molar-refractivity contribution < 1.29 is 18.1 Å². The van der Waals surface area contributed by atoms with Crippen molar-refractivity contribution >= 4 is 7.82 Å². The van der Waals surface area contributed by atoms with Gasteiger partial charge in [-0.3, -0.25) is 13.6 Å². The number of phosphoric acid groups is 1. The zero-order valence-corrected chi connectivity index (χ0v) is 20.0. The van der Waals surface area contributed by atoms with Crippen molar-refractivity contribution in [2.45, 2.75) is 98.8 Å². The van der Waals surface area contributed by atoms with Gasteiger partial charge in [-0.25, -0.2) is 4.57 Å². The van der Waals surface area contributed by atoms with Crippen LogP contribution in [0.15, 0.2) is 0 Å². The normalized spacial score (nSPS) is 11.5. The number of nitrogens with zero attached hydrogens (tertiary/aromatic N) is 1. The van der Waals surface area contributed by atoms with Crippen molar-refractivity contribution in [2.24, 2.45) is 0 Å². The molecule has 166 valence electrons. The third-order valence-corrected chi connectivity index (χ3v) is 5.53. The van der Waals surface area contributed by atoms with E-state index in [1.165, 1.54) is 38.8 Å². The fraction of sp³-hybridized carbons (Fsp3) is 1.00. The van der Waals surface area contributed by atoms with E-state index in [1.807, 2.05) is 0 Å². The van der Waals surface area contributed by atoms with Gasteiger partial charge in [0.05, 0.1) is 19.8 Å². The Morgan fingerprint density at radius 1 is 0.593 bits per heavy atom. The van der Waals surface area contributed by atoms with Crippen LogP contribution in [0.3, 0.4) is 0 Å². The minimum absolute atomic E-state index is 0.437. The number of unbranched alkanes of at least 4 members (excludes halogenated alkanes) is 5. The van der Waals surface area contributed by atoms with Crippen LogP contribution in [-0.4, -0.2) is 44.9 Å². The van der Waals surface area contributed by atoms with Crippen LogP contribution >= 0.6 is 7.82 Å². The van der Waals surface area contributed by atoms with E-state index in [0.717, 1.165) is 38.5 Å². The summed E-state index contributed by atoms with van der Waals surface area (Å²) in [4.78, 5) is 2.42. The standard InChI is InChI=1S/C12H27O4P.C9H21N/c1-4-7-10-14-17(13,15-11-8-5-2)16-12-9-6-3;1-4-6-8-10(3)9-7-5-2/h4-12H2,1-3H3;4-9H2,1-3H3. The lowest BCUT2D eigenvalue weighted by Gasteiger charge is -2.17. The first-order valence-electron chi connectivity index (χ1n) is 11.2. The zero-order chi connectivity index (χ0) is 20.8. The fourth-order valence-corrected chi connectivity index (χ4v) is 3.32. The predicted molar refractivity (Wildman–Crippen MR) is 117 cm³/mol. The van der Waals surface area contributed by atoms with E-state index in [1.54, 1.807) is 0 Å². The maximum absolute atomic E-state index is 12.2. The molecule has 0 aromatic heterocycles. The largest absolute Gasteiger partial charge is 0.474 e. The van der Waals surface area contributed by atoms with Gasteiger partial charge in [0.1, 0.15) is 0 Å². The van der Waals surface area contributed by atoms with Gasteiger partial charge in [-0.1, -0.05) is 66.7 Å². The van der Waals surface area contributed by atoms with E-state index < -0.39 is 7.82 Å². The van der Waals surface area contributed by atoms with Gasteiger partial charge >= 0.3 is 7.82 Å². The molecule has 0 spiro atoms. The summed E-state index contributed by atoms with van der Waals surface area (Å²) in [6, 6.07) is 0. The molecule has 0 heterocycles. The van der Waals surface area contributed by atoms with Crippen LogP contribution in [-0.2, 0) is 18.1 Å². The summed E-state index contributed by atoms with van der Waals surface area (Å²) in [5.41, 5.74) is 0. The van der Waals surface area contributed by atoms with Gasteiger partial charge in [-0.2, -0.15) is 0 Å². The van der Waals surface area contributed by atoms with Crippen LogP contribution in [0.25, 0.3) is 0 Å². The molecule has 0 aliphatic rings. The third kappa shape index (κ3) is 22.2. The quantitative estimate of drug-likeness (QED) is 0.179. The van der Waals surface area contributed by atoms with Crippen molar-refractivity contribution in [3.8, 4) is 0 Å². The molecule has 0 atom stereocenters. The summed E-state index contributed by atoms with van der Waals surface area (Å²) in [6.07, 6.45) is 11.0. The third-order valence-electron chi connectivity index (χ3n) is 4.03. The lowest BCUT2D eigenvalue weighted by Crippen LogP contribution is -2.20. The molecule has 0 radical (unpaired) electrons. The smallest absolute Gasteiger partial charge is 0.306 e. The minimum Gasteiger partial charge on any atom is -0.306 e. The molecule has 0 bridgehead atoms. The lowest BCUT2D eigenvalue weighted by atomic mass is 10.3. The molecule has 0 N–H and O–H groups in total. The molecule has 0 unspecified atom stereocenters. The molecular formula is C21H48NO4P. The van der Waals surface area contributed by atoms with Crippen LogP contribution in [0, 0.1) is 0 Å². The second-order valence-corrected chi connectivity index (χ2v) is 8.69. The number of rotatable bonds is 18. The van der Waals surface area contributed by atoms with Crippen LogP contribution in [0.5, 0.6) is 0 Å². The van der Waals surface area contributed by atoms with E-state index in [9.17, 15) is 4.57 Å². The maximum atomic E-state index is 12.2. The highest BCUT2D eigenvalue weighted by Crippen LogP contribution is 2.49. The predicted octanol–water partition coefficient (Wildman–Crippen LogP) is 7.06. The van der Waals surface area contributed by atoms with Crippen molar-refractivity contribution in [3.63, 3.8) is 0 Å². The van der Waals surface area contributed by atoms with E-state index in [4.69, 9.17) is 13.6 Å². The Bertz CT molecular complexity index is 288. The number of hydrogen-bond acceptors (Lipinski definition) is 5. The summed E-state index contributed by atoms with van der Waals surface area (Å²) in [5, 5.41) is 0. The first-order valence-corrected chi connectivity index (χ1v) is 12.7. The van der Waals surface area contributed by atoms with E-state index in [2.05, 4.69) is 46.6 Å². The van der Waals surface area contributed by atoms with Crippen LogP contribution in [0.2, 0.25) is 0 Å². The molecule has 0 aliphatic carbocycles. The molecular weight excluding hydrogens is 361 g/mol. The molecule has 0 aliphatic heterocycles. The van der Waals surface area contributed by atoms with Gasteiger partial charge in [0.2, 0.25) is 0 Å². The van der Waals surface area contributed by atoms with Crippen LogP contribution in [0.1, 0.15) is 98.8 Å². The Balaban J connectivity index is 0. The van der Waals surface area contributed by atoms with E-state index in [-0.39, 0.29) is 0 Å². The molecule has 0 rings (SSSR count). The van der Waals surface area contributed by atoms with E-state index >= 15 is 0 Å². The second-order valence-electron chi connectivity index (χ2n) is 7.02. The molecule has 0 fully saturated rings. The first kappa shape index (κ1) is 29.3. The summed E-state index contributed by atoms with van der Waals surface area (Å²) in [7, 11) is -1.09. The van der Waals surface area contributed by atoms with Gasteiger partial charge < -0.3 is 4.90 Å². The molecule has 0 saturated heterocycles. The summed E-state index contributed by atoms with van der Waals surface area (Å²) in [5.74, 6) is 0. The van der Waals surface area contributed by atoms with Crippen molar-refractivity contribution in [1.29, 1.82) is 0 Å². The first-order chi connectivity index (χ1) is 13.0. The Hall–Kier alpha value is 0.0700. The molecule has 6 heteroatoms. The Morgan fingerprint density at radius 2 is 0.889 bits per heavy atom. The highest BCUT2D eigenvalue weighted by molar-refractivity contribution is 7.48. The zero-order valence-electron chi connectivity index (χ0n) is 19.1. The van der Waals surface area contributed by atoms with Gasteiger partial charge in [0, 0.05) is 0 Å². The SMILES string of the molecule is CCCCN(C)CCCC.CCCCOP(=O)(OCCCC)OCCCC. The average molecular weight is 410 g/mol. The fourth-order valence-electron chi connectivity index (χ4n) is 2.04. The molecule has 0 aromatic rings. The van der Waals surface area contributed by atoms with Crippen molar-refractivity contribution in [1.82, 2.24) is 4.90 Å². The molecule has 0 aromatic carbocycles. The Labute approximate surface area is 170 Å². The van der Waals surface area contributed by atoms with Gasteiger partial charge in [0.15, 0.2) is 0 Å². The summed E-state index contributed by atoms with van der Waals surface area (Å²) in [6.45, 7) is 14.5. The Kier molecular flexibility index (Phi) is 24.2. The Morgan fingerprint density at radius 3 is 1.15 bits per heavy atom. The van der Waals surface area contributed by atoms with Crippen molar-refractivity contribution in [3.05, 3.63) is 0 Å². The maximum Gasteiger partial charge on any atom is 0.474 e. The molecule has 27 heavy (non-hydrogen) atoms. The molecule has 5 nitrogen and oxygen atoms in total. The highest BCUT2D eigenvalue weighted by atomic mass is 31.2. The second kappa shape index (κ2) is 22.4. The van der Waals surface area contributed by atoms with Gasteiger partial charge in [-0.05, 0) is 52.2 Å². The average Bonchev–Trinajstić information content (AvgIpc) is 2.66. The minimum atomic E-state index is -3.31. The molecule has 0 amide bonds. The summed E-state index contributed by atoms with van der Waals surface area (Å²) < 4.78 is 28.0.